The van der Waals surface area contributed by atoms with E-state index in [1.807, 2.05) is 18.2 Å². The van der Waals surface area contributed by atoms with Gasteiger partial charge in [-0.1, -0.05) is 18.2 Å². The van der Waals surface area contributed by atoms with Gasteiger partial charge in [-0.2, -0.15) is 0 Å². The number of rotatable bonds is 5. The van der Waals surface area contributed by atoms with Gasteiger partial charge in [0, 0.05) is 32.4 Å². The largest absolute Gasteiger partial charge is 0.496 e. The maximum absolute atomic E-state index is 12.4. The second-order valence-electron chi connectivity index (χ2n) is 5.94. The number of carbonyl (C=O) groups is 2. The lowest BCUT2D eigenvalue weighted by Crippen LogP contribution is -2.51. The van der Waals surface area contributed by atoms with Crippen molar-refractivity contribution in [2.45, 2.75) is 0 Å². The third-order valence-corrected chi connectivity index (χ3v) is 4.36. The zero-order chi connectivity index (χ0) is 18.4. The molecule has 2 heterocycles. The number of para-hydroxylation sites is 1. The quantitative estimate of drug-likeness (QED) is 0.872. The number of amides is 2. The first-order chi connectivity index (χ1) is 12.7. The van der Waals surface area contributed by atoms with Crippen molar-refractivity contribution in [2.24, 2.45) is 0 Å². The van der Waals surface area contributed by atoms with Gasteiger partial charge in [-0.05, 0) is 24.3 Å². The number of hydrogen-bond donors (Lipinski definition) is 1. The molecule has 1 N–H and O–H groups in total. The number of piperazine rings is 1. The van der Waals surface area contributed by atoms with Gasteiger partial charge < -0.3 is 19.9 Å². The third kappa shape index (κ3) is 4.11. The fraction of sp³-hybridized carbons (Fsp3) is 0.316. The van der Waals surface area contributed by atoms with Crippen LogP contribution in [0.15, 0.2) is 48.7 Å². The average molecular weight is 354 g/mol. The minimum Gasteiger partial charge on any atom is -0.496 e. The first kappa shape index (κ1) is 17.7. The molecule has 136 valence electrons. The lowest BCUT2D eigenvalue weighted by Gasteiger charge is -2.35. The maximum atomic E-state index is 12.4. The van der Waals surface area contributed by atoms with Gasteiger partial charge in [-0.15, -0.1) is 0 Å². The fourth-order valence-electron chi connectivity index (χ4n) is 2.92. The van der Waals surface area contributed by atoms with E-state index in [9.17, 15) is 9.59 Å². The average Bonchev–Trinajstić information content (AvgIpc) is 2.72. The van der Waals surface area contributed by atoms with Crippen LogP contribution in [0.5, 0.6) is 5.75 Å². The number of anilines is 1. The molecule has 1 fully saturated rings. The molecular weight excluding hydrogens is 332 g/mol. The van der Waals surface area contributed by atoms with Crippen LogP contribution in [0.4, 0.5) is 5.82 Å². The molecule has 26 heavy (non-hydrogen) atoms. The Bertz CT molecular complexity index is 758. The second-order valence-corrected chi connectivity index (χ2v) is 5.94. The number of pyridine rings is 1. The van der Waals surface area contributed by atoms with Gasteiger partial charge in [0.25, 0.3) is 5.91 Å². The van der Waals surface area contributed by atoms with Gasteiger partial charge in [-0.25, -0.2) is 4.98 Å². The van der Waals surface area contributed by atoms with Crippen molar-refractivity contribution in [3.63, 3.8) is 0 Å². The van der Waals surface area contributed by atoms with Crippen molar-refractivity contribution in [1.82, 2.24) is 15.2 Å². The summed E-state index contributed by atoms with van der Waals surface area (Å²) >= 11 is 0. The highest BCUT2D eigenvalue weighted by molar-refractivity contribution is 5.98. The smallest absolute Gasteiger partial charge is 0.255 e. The van der Waals surface area contributed by atoms with Gasteiger partial charge in [0.05, 0.1) is 19.2 Å². The van der Waals surface area contributed by atoms with E-state index in [2.05, 4.69) is 15.2 Å². The van der Waals surface area contributed by atoms with Crippen LogP contribution in [0.3, 0.4) is 0 Å². The molecule has 2 amide bonds. The number of carbonyl (C=O) groups excluding carboxylic acids is 2. The van der Waals surface area contributed by atoms with Gasteiger partial charge in [-0.3, -0.25) is 9.59 Å². The van der Waals surface area contributed by atoms with Gasteiger partial charge in [0.2, 0.25) is 5.91 Å². The van der Waals surface area contributed by atoms with Crippen LogP contribution in [0.1, 0.15) is 10.4 Å². The molecule has 0 radical (unpaired) electrons. The molecule has 7 heteroatoms. The summed E-state index contributed by atoms with van der Waals surface area (Å²) in [7, 11) is 1.51. The Labute approximate surface area is 152 Å². The van der Waals surface area contributed by atoms with Crippen molar-refractivity contribution in [3.05, 3.63) is 54.2 Å². The Hall–Kier alpha value is -3.09. The first-order valence-corrected chi connectivity index (χ1v) is 8.54. The van der Waals surface area contributed by atoms with E-state index in [0.717, 1.165) is 18.9 Å². The number of nitrogens with zero attached hydrogens (tertiary/aromatic N) is 3. The van der Waals surface area contributed by atoms with E-state index >= 15 is 0 Å². The zero-order valence-corrected chi connectivity index (χ0v) is 14.7. The standard InChI is InChI=1S/C19H22N4O3/c1-26-16-7-3-2-6-15(16)19(25)21-14-18(24)23-12-10-22(11-13-23)17-8-4-5-9-20-17/h2-9H,10-14H2,1H3,(H,21,25). The number of benzene rings is 1. The highest BCUT2D eigenvalue weighted by atomic mass is 16.5. The van der Waals surface area contributed by atoms with E-state index in [4.69, 9.17) is 4.74 Å². The number of hydrogen-bond acceptors (Lipinski definition) is 5. The highest BCUT2D eigenvalue weighted by Crippen LogP contribution is 2.17. The van der Waals surface area contributed by atoms with Gasteiger partial charge in [0.1, 0.15) is 11.6 Å². The lowest BCUT2D eigenvalue weighted by atomic mass is 10.2. The van der Waals surface area contributed by atoms with Crippen molar-refractivity contribution < 1.29 is 14.3 Å². The summed E-state index contributed by atoms with van der Waals surface area (Å²) in [5, 5.41) is 2.68. The molecule has 2 aromatic rings. The first-order valence-electron chi connectivity index (χ1n) is 8.54. The molecular formula is C19H22N4O3. The lowest BCUT2D eigenvalue weighted by molar-refractivity contribution is -0.130. The van der Waals surface area contributed by atoms with E-state index in [-0.39, 0.29) is 18.4 Å². The number of methoxy groups -OCH3 is 1. The molecule has 0 atom stereocenters. The molecule has 1 aliphatic rings. The molecule has 0 aliphatic carbocycles. The summed E-state index contributed by atoms with van der Waals surface area (Å²) in [5.41, 5.74) is 0.419. The molecule has 1 saturated heterocycles. The summed E-state index contributed by atoms with van der Waals surface area (Å²) in [5.74, 6) is 1.00. The Morgan fingerprint density at radius 2 is 1.81 bits per heavy atom. The maximum Gasteiger partial charge on any atom is 0.255 e. The normalized spacial score (nSPS) is 14.0. The Morgan fingerprint density at radius 1 is 1.08 bits per heavy atom. The molecule has 0 spiro atoms. The van der Waals surface area contributed by atoms with Crippen LogP contribution in [0.25, 0.3) is 0 Å². The van der Waals surface area contributed by atoms with Crippen LogP contribution >= 0.6 is 0 Å². The van der Waals surface area contributed by atoms with E-state index in [0.29, 0.717) is 24.4 Å². The molecule has 0 unspecified atom stereocenters. The minimum atomic E-state index is -0.317. The molecule has 1 aromatic carbocycles. The number of ether oxygens (including phenoxy) is 1. The second kappa shape index (κ2) is 8.33. The SMILES string of the molecule is COc1ccccc1C(=O)NCC(=O)N1CCN(c2ccccn2)CC1. The molecule has 1 aliphatic heterocycles. The van der Waals surface area contributed by atoms with Crippen LogP contribution in [0.2, 0.25) is 0 Å². The number of nitrogens with one attached hydrogen (secondary N) is 1. The van der Waals surface area contributed by atoms with Crippen molar-refractivity contribution in [1.29, 1.82) is 0 Å². The summed E-state index contributed by atoms with van der Waals surface area (Å²) in [6, 6.07) is 12.7. The Balaban J connectivity index is 1.49. The Morgan fingerprint density at radius 3 is 2.50 bits per heavy atom. The summed E-state index contributed by atoms with van der Waals surface area (Å²) in [6.45, 7) is 2.65. The monoisotopic (exact) mass is 354 g/mol. The topological polar surface area (TPSA) is 74.8 Å². The predicted octanol–water partition coefficient (Wildman–Crippen LogP) is 1.17. The van der Waals surface area contributed by atoms with Gasteiger partial charge in [0.15, 0.2) is 0 Å². The zero-order valence-electron chi connectivity index (χ0n) is 14.7. The summed E-state index contributed by atoms with van der Waals surface area (Å²) in [4.78, 5) is 32.9. The molecule has 1 aromatic heterocycles. The molecule has 0 saturated carbocycles. The van der Waals surface area contributed by atoms with Crippen molar-refractivity contribution in [3.8, 4) is 5.75 Å². The summed E-state index contributed by atoms with van der Waals surface area (Å²) in [6.07, 6.45) is 1.76. The van der Waals surface area contributed by atoms with E-state index < -0.39 is 0 Å². The Kier molecular flexibility index (Phi) is 5.68. The predicted molar refractivity (Wildman–Crippen MR) is 98.4 cm³/mol. The van der Waals surface area contributed by atoms with Crippen LogP contribution in [-0.2, 0) is 4.79 Å². The van der Waals surface area contributed by atoms with Crippen molar-refractivity contribution >= 4 is 17.6 Å². The summed E-state index contributed by atoms with van der Waals surface area (Å²) < 4.78 is 5.18. The third-order valence-electron chi connectivity index (χ3n) is 4.36. The minimum absolute atomic E-state index is 0.0273. The highest BCUT2D eigenvalue weighted by Gasteiger charge is 2.22. The molecule has 0 bridgehead atoms. The molecule has 7 nitrogen and oxygen atoms in total. The van der Waals surface area contributed by atoms with Crippen molar-refractivity contribution in [2.75, 3.05) is 44.7 Å². The van der Waals surface area contributed by atoms with E-state index in [1.165, 1.54) is 7.11 Å². The van der Waals surface area contributed by atoms with E-state index in [1.54, 1.807) is 35.4 Å². The van der Waals surface area contributed by atoms with Crippen LogP contribution in [0, 0.1) is 0 Å². The van der Waals surface area contributed by atoms with Crippen LogP contribution < -0.4 is 15.0 Å². The van der Waals surface area contributed by atoms with Gasteiger partial charge >= 0.3 is 0 Å². The fourth-order valence-corrected chi connectivity index (χ4v) is 2.92. The van der Waals surface area contributed by atoms with Crippen LogP contribution in [-0.4, -0.2) is 61.5 Å². The number of aromatic nitrogens is 1. The molecule has 3 rings (SSSR count).